The first-order valence-electron chi connectivity index (χ1n) is 15.7. The lowest BCUT2D eigenvalue weighted by molar-refractivity contribution is -0.123. The van der Waals surface area contributed by atoms with Crippen LogP contribution in [-0.2, 0) is 14.3 Å². The summed E-state index contributed by atoms with van der Waals surface area (Å²) in [4.78, 5) is 36.2. The van der Waals surface area contributed by atoms with Crippen molar-refractivity contribution in [1.29, 1.82) is 0 Å². The molecule has 3 amide bonds. The van der Waals surface area contributed by atoms with Gasteiger partial charge in [-0.15, -0.1) is 23.2 Å². The minimum absolute atomic E-state index is 0.00654. The van der Waals surface area contributed by atoms with E-state index in [1.807, 2.05) is 4.90 Å². The van der Waals surface area contributed by atoms with E-state index in [9.17, 15) is 9.59 Å². The third-order valence-electron chi connectivity index (χ3n) is 9.90. The highest BCUT2D eigenvalue weighted by Crippen LogP contribution is 2.45. The molecule has 1 saturated heterocycles. The molecule has 2 heterocycles. The number of methoxy groups -OCH3 is 1. The first kappa shape index (κ1) is 30.4. The van der Waals surface area contributed by atoms with E-state index < -0.39 is 0 Å². The predicted molar refractivity (Wildman–Crippen MR) is 158 cm³/mol. The van der Waals surface area contributed by atoms with Crippen LogP contribution in [0, 0.1) is 17.8 Å². The molecule has 40 heavy (non-hydrogen) atoms. The van der Waals surface area contributed by atoms with E-state index >= 15 is 0 Å². The van der Waals surface area contributed by atoms with Gasteiger partial charge in [0.05, 0.1) is 30.4 Å². The van der Waals surface area contributed by atoms with Crippen LogP contribution in [0.4, 0.5) is 4.79 Å². The van der Waals surface area contributed by atoms with E-state index in [-0.39, 0.29) is 71.5 Å². The summed E-state index contributed by atoms with van der Waals surface area (Å²) in [6.45, 7) is 5.18. The lowest BCUT2D eigenvalue weighted by Gasteiger charge is -2.45. The largest absolute Gasteiger partial charge is 0.381 e. The number of rotatable bonds is 6. The zero-order valence-electron chi connectivity index (χ0n) is 24.4. The average Bonchev–Trinajstić information content (AvgIpc) is 3.33. The molecule has 4 fully saturated rings. The van der Waals surface area contributed by atoms with Crippen LogP contribution in [0.5, 0.6) is 0 Å². The minimum Gasteiger partial charge on any atom is -0.381 e. The van der Waals surface area contributed by atoms with Gasteiger partial charge in [0.2, 0.25) is 5.91 Å². The molecule has 7 atom stereocenters. The number of amidine groups is 1. The van der Waals surface area contributed by atoms with E-state index in [0.29, 0.717) is 19.0 Å². The number of urea groups is 1. The average molecular weight is 600 g/mol. The van der Waals surface area contributed by atoms with Gasteiger partial charge in [0.25, 0.3) is 0 Å². The summed E-state index contributed by atoms with van der Waals surface area (Å²) in [6.07, 6.45) is 10.8. The second kappa shape index (κ2) is 13.5. The number of carbonyl (C=O) groups is 2. The first-order chi connectivity index (χ1) is 19.3. The summed E-state index contributed by atoms with van der Waals surface area (Å²) >= 11 is 13.7. The van der Waals surface area contributed by atoms with Crippen molar-refractivity contribution in [2.75, 3.05) is 26.7 Å². The van der Waals surface area contributed by atoms with E-state index in [4.69, 9.17) is 37.7 Å². The SMILES string of the molecule is COC1CCC(C2=N[C@H](C3CCC(Cl)CC3)[C@H](C3CCCCC3Cl)N2C(=O)N2CCNC(=O)C2)C(OC(C)C)C1. The second-order valence-electron chi connectivity index (χ2n) is 12.9. The fourth-order valence-corrected chi connectivity index (χ4v) is 8.58. The van der Waals surface area contributed by atoms with Crippen LogP contribution < -0.4 is 5.32 Å². The molecule has 0 aromatic carbocycles. The molecule has 5 aliphatic rings. The molecule has 3 aliphatic carbocycles. The Hall–Kier alpha value is -1.09. The van der Waals surface area contributed by atoms with E-state index in [2.05, 4.69) is 19.2 Å². The molecule has 1 N–H and O–H groups in total. The van der Waals surface area contributed by atoms with Crippen molar-refractivity contribution in [3.63, 3.8) is 0 Å². The van der Waals surface area contributed by atoms with Crippen molar-refractivity contribution in [3.8, 4) is 0 Å². The highest BCUT2D eigenvalue weighted by atomic mass is 35.5. The van der Waals surface area contributed by atoms with Crippen LogP contribution in [0.2, 0.25) is 0 Å². The normalized spacial score (nSPS) is 39.3. The molecule has 226 valence electrons. The molecule has 5 unspecified atom stereocenters. The third kappa shape index (κ3) is 6.60. The third-order valence-corrected chi connectivity index (χ3v) is 10.9. The summed E-state index contributed by atoms with van der Waals surface area (Å²) in [6, 6.07) is -0.211. The van der Waals surface area contributed by atoms with Gasteiger partial charge in [-0.2, -0.15) is 0 Å². The van der Waals surface area contributed by atoms with Gasteiger partial charge in [0.1, 0.15) is 12.4 Å². The number of nitrogens with zero attached hydrogens (tertiary/aromatic N) is 3. The van der Waals surface area contributed by atoms with E-state index in [1.54, 1.807) is 12.0 Å². The summed E-state index contributed by atoms with van der Waals surface area (Å²) in [5.74, 6) is 1.26. The number of piperazine rings is 1. The number of hydrogen-bond donors (Lipinski definition) is 1. The molecule has 5 rings (SSSR count). The number of aliphatic imine (C=N–C) groups is 1. The Morgan fingerprint density at radius 1 is 1.05 bits per heavy atom. The minimum atomic E-state index is -0.111. The number of alkyl halides is 2. The quantitative estimate of drug-likeness (QED) is 0.426. The fraction of sp³-hybridized carbons (Fsp3) is 0.900. The zero-order valence-corrected chi connectivity index (χ0v) is 25.9. The monoisotopic (exact) mass is 598 g/mol. The number of halogens is 2. The number of carbonyl (C=O) groups excluding carboxylic acids is 2. The maximum absolute atomic E-state index is 14.5. The van der Waals surface area contributed by atoms with E-state index in [0.717, 1.165) is 76.5 Å². The Morgan fingerprint density at radius 2 is 1.80 bits per heavy atom. The topological polar surface area (TPSA) is 83.5 Å². The predicted octanol–water partition coefficient (Wildman–Crippen LogP) is 5.19. The Bertz CT molecular complexity index is 927. The van der Waals surface area contributed by atoms with E-state index in [1.165, 1.54) is 0 Å². The molecule has 0 radical (unpaired) electrons. The summed E-state index contributed by atoms with van der Waals surface area (Å²) < 4.78 is 12.3. The molecule has 2 aliphatic heterocycles. The van der Waals surface area contributed by atoms with Gasteiger partial charge in [-0.25, -0.2) is 4.79 Å². The van der Waals surface area contributed by atoms with Crippen molar-refractivity contribution in [1.82, 2.24) is 15.1 Å². The van der Waals surface area contributed by atoms with Crippen LogP contribution in [0.3, 0.4) is 0 Å². The Balaban J connectivity index is 1.55. The molecule has 10 heteroatoms. The molecule has 8 nitrogen and oxygen atoms in total. The first-order valence-corrected chi connectivity index (χ1v) is 16.5. The van der Waals surface area contributed by atoms with Gasteiger partial charge >= 0.3 is 6.03 Å². The van der Waals surface area contributed by atoms with Crippen LogP contribution in [-0.4, -0.2) is 95.5 Å². The fourth-order valence-electron chi connectivity index (χ4n) is 7.90. The number of hydrogen-bond acceptors (Lipinski definition) is 5. The molecule has 0 aromatic heterocycles. The Kier molecular flexibility index (Phi) is 10.2. The Morgan fingerprint density at radius 3 is 2.48 bits per heavy atom. The summed E-state index contributed by atoms with van der Waals surface area (Å²) in [5, 5.41) is 3.09. The maximum Gasteiger partial charge on any atom is 0.326 e. The van der Waals surface area contributed by atoms with Crippen LogP contribution in [0.1, 0.15) is 84.5 Å². The Labute approximate surface area is 249 Å². The van der Waals surface area contributed by atoms with Crippen molar-refractivity contribution < 1.29 is 19.1 Å². The number of ether oxygens (including phenoxy) is 2. The van der Waals surface area contributed by atoms with Gasteiger partial charge in [-0.1, -0.05) is 12.8 Å². The van der Waals surface area contributed by atoms with Crippen LogP contribution in [0.25, 0.3) is 0 Å². The molecule has 0 bridgehead atoms. The maximum atomic E-state index is 14.5. The molecule has 0 spiro atoms. The van der Waals surface area contributed by atoms with Crippen molar-refractivity contribution in [3.05, 3.63) is 0 Å². The smallest absolute Gasteiger partial charge is 0.326 e. The highest BCUT2D eigenvalue weighted by molar-refractivity contribution is 6.21. The zero-order chi connectivity index (χ0) is 28.4. The van der Waals surface area contributed by atoms with Gasteiger partial charge in [0.15, 0.2) is 0 Å². The van der Waals surface area contributed by atoms with Gasteiger partial charge in [-0.3, -0.25) is 14.7 Å². The second-order valence-corrected chi connectivity index (χ2v) is 14.0. The lowest BCUT2D eigenvalue weighted by atomic mass is 9.74. The molecular weight excluding hydrogens is 551 g/mol. The summed E-state index contributed by atoms with van der Waals surface area (Å²) in [5.41, 5.74) is 0. The standard InChI is InChI=1S/C30H48Cl2N4O4/c1-18(2)40-25-16-21(39-3)12-13-23(25)29-34-27(19-8-10-20(31)11-9-19)28(22-6-4-5-7-24(22)32)36(29)30(38)35-15-14-33-26(37)17-35/h18-25,27-28H,4-17H2,1-3H3,(H,33,37)/t19?,20?,21?,22?,23?,24?,25?,27-,28+/m1/s1. The lowest BCUT2D eigenvalue weighted by Crippen LogP contribution is -2.61. The molecule has 3 saturated carbocycles. The van der Waals surface area contributed by atoms with Crippen LogP contribution in [0.15, 0.2) is 4.99 Å². The number of nitrogens with one attached hydrogen (secondary N) is 1. The van der Waals surface area contributed by atoms with Crippen molar-refractivity contribution in [2.24, 2.45) is 22.7 Å². The van der Waals surface area contributed by atoms with Gasteiger partial charge in [0, 0.05) is 43.3 Å². The van der Waals surface area contributed by atoms with Gasteiger partial charge < -0.3 is 19.7 Å². The van der Waals surface area contributed by atoms with Crippen molar-refractivity contribution in [2.45, 2.75) is 126 Å². The van der Waals surface area contributed by atoms with Crippen molar-refractivity contribution >= 4 is 41.0 Å². The molecule has 0 aromatic rings. The summed E-state index contributed by atoms with van der Waals surface area (Å²) in [7, 11) is 1.77. The molecular formula is C30H48Cl2N4O4. The van der Waals surface area contributed by atoms with Crippen LogP contribution >= 0.6 is 23.2 Å². The highest BCUT2D eigenvalue weighted by Gasteiger charge is 2.53. The number of amides is 3. The van der Waals surface area contributed by atoms with Gasteiger partial charge in [-0.05, 0) is 77.0 Å².